The summed E-state index contributed by atoms with van der Waals surface area (Å²) in [6.45, 7) is 1.95. The summed E-state index contributed by atoms with van der Waals surface area (Å²) in [7, 11) is 0. The van der Waals surface area contributed by atoms with Crippen molar-refractivity contribution in [3.05, 3.63) is 101 Å². The first kappa shape index (κ1) is 19.6. The molecule has 1 amide bonds. The van der Waals surface area contributed by atoms with Crippen LogP contribution in [0.5, 0.6) is 5.75 Å². The Balaban J connectivity index is 1.68. The molecule has 142 valence electrons. The molecule has 0 unspecified atom stereocenters. The molecule has 5 heteroatoms. The number of nitrogens with zero attached hydrogens (tertiary/aromatic N) is 1. The van der Waals surface area contributed by atoms with Crippen LogP contribution in [0.25, 0.3) is 6.08 Å². The number of nitriles is 1. The molecule has 0 saturated heterocycles. The number of benzene rings is 3. The van der Waals surface area contributed by atoms with Crippen LogP contribution in [0, 0.1) is 18.3 Å². The van der Waals surface area contributed by atoms with Gasteiger partial charge in [0.05, 0.1) is 5.56 Å². The highest BCUT2D eigenvalue weighted by Gasteiger charge is 2.10. The van der Waals surface area contributed by atoms with Crippen LogP contribution < -0.4 is 10.1 Å². The van der Waals surface area contributed by atoms with Crippen LogP contribution in [-0.2, 0) is 4.79 Å². The number of nitrogens with one attached hydrogen (secondary N) is 1. The Bertz CT molecular complexity index is 1080. The second-order valence-electron chi connectivity index (χ2n) is 6.31. The number of ether oxygens (including phenoxy) is 1. The van der Waals surface area contributed by atoms with Crippen LogP contribution in [0.4, 0.5) is 5.69 Å². The lowest BCUT2D eigenvalue weighted by Crippen LogP contribution is -2.13. The highest BCUT2D eigenvalue weighted by atomic mass is 16.5. The van der Waals surface area contributed by atoms with Crippen LogP contribution in [0.2, 0.25) is 0 Å². The van der Waals surface area contributed by atoms with Gasteiger partial charge >= 0.3 is 5.97 Å². The predicted molar refractivity (Wildman–Crippen MR) is 111 cm³/mol. The van der Waals surface area contributed by atoms with E-state index < -0.39 is 11.9 Å². The van der Waals surface area contributed by atoms with Crippen molar-refractivity contribution < 1.29 is 14.3 Å². The van der Waals surface area contributed by atoms with Crippen molar-refractivity contribution in [2.75, 3.05) is 5.32 Å². The summed E-state index contributed by atoms with van der Waals surface area (Å²) < 4.78 is 5.32. The number of carbonyl (C=O) groups is 2. The van der Waals surface area contributed by atoms with Crippen LogP contribution in [0.3, 0.4) is 0 Å². The lowest BCUT2D eigenvalue weighted by Gasteiger charge is -2.06. The molecule has 3 rings (SSSR count). The van der Waals surface area contributed by atoms with Crippen molar-refractivity contribution in [1.29, 1.82) is 5.26 Å². The third-order valence-electron chi connectivity index (χ3n) is 4.09. The lowest BCUT2D eigenvalue weighted by molar-refractivity contribution is -0.112. The van der Waals surface area contributed by atoms with Gasteiger partial charge in [0.2, 0.25) is 0 Å². The highest BCUT2D eigenvalue weighted by molar-refractivity contribution is 6.09. The number of amides is 1. The molecule has 0 saturated carbocycles. The maximum atomic E-state index is 12.3. The van der Waals surface area contributed by atoms with E-state index in [0.717, 1.165) is 5.56 Å². The molecule has 0 heterocycles. The fourth-order valence-electron chi connectivity index (χ4n) is 2.52. The number of rotatable bonds is 5. The molecule has 1 N–H and O–H groups in total. The summed E-state index contributed by atoms with van der Waals surface area (Å²) in [6, 6.07) is 24.5. The van der Waals surface area contributed by atoms with Gasteiger partial charge in [-0.1, -0.05) is 48.0 Å². The van der Waals surface area contributed by atoms with Crippen LogP contribution in [0.15, 0.2) is 84.4 Å². The molecular weight excluding hydrogens is 364 g/mol. The second-order valence-corrected chi connectivity index (χ2v) is 6.31. The smallest absolute Gasteiger partial charge is 0.343 e. The minimum absolute atomic E-state index is 0.0281. The molecule has 0 aliphatic rings. The molecule has 5 nitrogen and oxygen atoms in total. The Labute approximate surface area is 168 Å². The van der Waals surface area contributed by atoms with E-state index in [2.05, 4.69) is 5.32 Å². The summed E-state index contributed by atoms with van der Waals surface area (Å²) in [5.74, 6) is -0.571. The van der Waals surface area contributed by atoms with Gasteiger partial charge in [0, 0.05) is 5.69 Å². The summed E-state index contributed by atoms with van der Waals surface area (Å²) in [5, 5.41) is 12.0. The number of anilines is 1. The van der Waals surface area contributed by atoms with Gasteiger partial charge in [-0.05, 0) is 55.0 Å². The van der Waals surface area contributed by atoms with Crippen LogP contribution >= 0.6 is 0 Å². The third-order valence-corrected chi connectivity index (χ3v) is 4.09. The number of hydrogen-bond donors (Lipinski definition) is 1. The lowest BCUT2D eigenvalue weighted by atomic mass is 10.1. The fraction of sp³-hybridized carbons (Fsp3) is 0.0417. The minimum atomic E-state index is -0.490. The Hall–Kier alpha value is -4.17. The van der Waals surface area contributed by atoms with Crippen molar-refractivity contribution in [1.82, 2.24) is 0 Å². The van der Waals surface area contributed by atoms with Crippen molar-refractivity contribution in [3.8, 4) is 11.8 Å². The van der Waals surface area contributed by atoms with E-state index >= 15 is 0 Å². The van der Waals surface area contributed by atoms with Crippen LogP contribution in [-0.4, -0.2) is 11.9 Å². The molecular formula is C24H18N2O3. The van der Waals surface area contributed by atoms with Gasteiger partial charge in [0.25, 0.3) is 5.91 Å². The van der Waals surface area contributed by atoms with Gasteiger partial charge in [0.1, 0.15) is 17.4 Å². The zero-order chi connectivity index (χ0) is 20.6. The molecule has 0 fully saturated rings. The SMILES string of the molecule is Cc1ccc(NC(=O)/C(C#N)=C\c2ccc(OC(=O)c3ccccc3)cc2)cc1. The van der Waals surface area contributed by atoms with E-state index in [0.29, 0.717) is 22.6 Å². The van der Waals surface area contributed by atoms with Crippen molar-refractivity contribution >= 4 is 23.6 Å². The largest absolute Gasteiger partial charge is 0.423 e. The fourth-order valence-corrected chi connectivity index (χ4v) is 2.52. The van der Waals surface area contributed by atoms with Gasteiger partial charge in [-0.3, -0.25) is 4.79 Å². The molecule has 0 radical (unpaired) electrons. The predicted octanol–water partition coefficient (Wildman–Crippen LogP) is 4.76. The molecule has 3 aromatic rings. The monoisotopic (exact) mass is 382 g/mol. The van der Waals surface area contributed by atoms with Gasteiger partial charge in [0.15, 0.2) is 0 Å². The van der Waals surface area contributed by atoms with E-state index in [1.807, 2.05) is 31.2 Å². The summed E-state index contributed by atoms with van der Waals surface area (Å²) in [6.07, 6.45) is 1.48. The molecule has 0 aromatic heterocycles. The average molecular weight is 382 g/mol. The Morgan fingerprint density at radius 1 is 0.931 bits per heavy atom. The first-order valence-electron chi connectivity index (χ1n) is 8.92. The van der Waals surface area contributed by atoms with Crippen molar-refractivity contribution in [2.45, 2.75) is 6.92 Å². The maximum absolute atomic E-state index is 12.3. The third kappa shape index (κ3) is 5.41. The van der Waals surface area contributed by atoms with E-state index in [9.17, 15) is 14.9 Å². The zero-order valence-electron chi connectivity index (χ0n) is 15.8. The number of aryl methyl sites for hydroxylation is 1. The van der Waals surface area contributed by atoms with Gasteiger partial charge in [-0.15, -0.1) is 0 Å². The molecule has 3 aromatic carbocycles. The second kappa shape index (κ2) is 9.16. The zero-order valence-corrected chi connectivity index (χ0v) is 15.8. The van der Waals surface area contributed by atoms with E-state index in [4.69, 9.17) is 4.74 Å². The number of carbonyl (C=O) groups excluding carboxylic acids is 2. The standard InChI is InChI=1S/C24H18N2O3/c1-17-7-11-21(12-8-17)26-23(27)20(16-25)15-18-9-13-22(14-10-18)29-24(28)19-5-3-2-4-6-19/h2-15H,1H3,(H,26,27)/b20-15-. The maximum Gasteiger partial charge on any atom is 0.343 e. The molecule has 0 spiro atoms. The average Bonchev–Trinajstić information content (AvgIpc) is 2.75. The first-order valence-corrected chi connectivity index (χ1v) is 8.92. The van der Waals surface area contributed by atoms with Crippen molar-refractivity contribution in [2.24, 2.45) is 0 Å². The van der Waals surface area contributed by atoms with Crippen molar-refractivity contribution in [3.63, 3.8) is 0 Å². The molecule has 0 aliphatic heterocycles. The minimum Gasteiger partial charge on any atom is -0.423 e. The highest BCUT2D eigenvalue weighted by Crippen LogP contribution is 2.17. The summed E-state index contributed by atoms with van der Waals surface area (Å²) in [5.41, 5.74) is 2.76. The summed E-state index contributed by atoms with van der Waals surface area (Å²) >= 11 is 0. The molecule has 29 heavy (non-hydrogen) atoms. The van der Waals surface area contributed by atoms with E-state index in [1.165, 1.54) is 6.08 Å². The Morgan fingerprint density at radius 3 is 2.21 bits per heavy atom. The Morgan fingerprint density at radius 2 is 1.59 bits per heavy atom. The molecule has 0 atom stereocenters. The topological polar surface area (TPSA) is 79.2 Å². The van der Waals surface area contributed by atoms with Gasteiger partial charge < -0.3 is 10.1 Å². The summed E-state index contributed by atoms with van der Waals surface area (Å²) in [4.78, 5) is 24.4. The quantitative estimate of drug-likeness (QED) is 0.299. The van der Waals surface area contributed by atoms with E-state index in [-0.39, 0.29) is 5.57 Å². The van der Waals surface area contributed by atoms with Gasteiger partial charge in [-0.25, -0.2) is 4.79 Å². The van der Waals surface area contributed by atoms with Gasteiger partial charge in [-0.2, -0.15) is 5.26 Å². The van der Waals surface area contributed by atoms with E-state index in [1.54, 1.807) is 60.7 Å². The Kier molecular flexibility index (Phi) is 6.18. The van der Waals surface area contributed by atoms with Crippen LogP contribution in [0.1, 0.15) is 21.5 Å². The number of esters is 1. The molecule has 0 bridgehead atoms. The number of hydrogen-bond acceptors (Lipinski definition) is 4. The normalized spacial score (nSPS) is 10.7. The first-order chi connectivity index (χ1) is 14.0. The molecule has 0 aliphatic carbocycles.